The van der Waals surface area contributed by atoms with E-state index in [1.807, 2.05) is 11.8 Å². The van der Waals surface area contributed by atoms with Gasteiger partial charge in [0.2, 0.25) is 0 Å². The van der Waals surface area contributed by atoms with Gasteiger partial charge in [-0.15, -0.1) is 0 Å². The number of rotatable bonds is 6. The molecule has 5 nitrogen and oxygen atoms in total. The summed E-state index contributed by atoms with van der Waals surface area (Å²) in [5.74, 6) is 0.341. The number of likely N-dealkylation sites (N-methyl/N-ethyl adjacent to an activating group) is 1. The maximum Gasteiger partial charge on any atom is 0.329 e. The average molecular weight is 375 g/mol. The van der Waals surface area contributed by atoms with Crippen molar-refractivity contribution in [1.29, 1.82) is 0 Å². The van der Waals surface area contributed by atoms with Crippen LogP contribution in [0.2, 0.25) is 0 Å². The first kappa shape index (κ1) is 17.6. The van der Waals surface area contributed by atoms with Crippen LogP contribution in [0.25, 0.3) is 0 Å². The van der Waals surface area contributed by atoms with Gasteiger partial charge in [0, 0.05) is 31.3 Å². The molecule has 3 aliphatic rings. The van der Waals surface area contributed by atoms with E-state index in [-0.39, 0.29) is 18.3 Å². The maximum atomic E-state index is 13.2. The number of hydrogen-bond donors (Lipinski definition) is 1. The van der Waals surface area contributed by atoms with Crippen molar-refractivity contribution >= 4 is 22.0 Å². The summed E-state index contributed by atoms with van der Waals surface area (Å²) < 4.78 is 25.6. The van der Waals surface area contributed by atoms with Crippen LogP contribution >= 0.6 is 0 Å². The van der Waals surface area contributed by atoms with Crippen LogP contribution in [-0.2, 0) is 11.2 Å². The Morgan fingerprint density at radius 1 is 1.38 bits per heavy atom. The second-order valence-corrected chi connectivity index (χ2v) is 8.01. The fourth-order valence-corrected chi connectivity index (χ4v) is 4.76. The van der Waals surface area contributed by atoms with Crippen LogP contribution in [0.4, 0.5) is 10.1 Å². The van der Waals surface area contributed by atoms with Crippen molar-refractivity contribution in [3.8, 4) is 0 Å². The van der Waals surface area contributed by atoms with E-state index in [0.717, 1.165) is 30.0 Å². The average Bonchev–Trinajstić information content (AvgIpc) is 3.38. The number of halogens is 1. The van der Waals surface area contributed by atoms with Crippen LogP contribution in [0.1, 0.15) is 13.3 Å². The Kier molecular flexibility index (Phi) is 4.77. The molecule has 0 aromatic heterocycles. The van der Waals surface area contributed by atoms with E-state index in [4.69, 9.17) is 0 Å². The molecule has 2 aliphatic heterocycles. The third-order valence-electron chi connectivity index (χ3n) is 5.16. The molecule has 0 spiro atoms. The summed E-state index contributed by atoms with van der Waals surface area (Å²) in [5, 5.41) is 11.7. The lowest BCUT2D eigenvalue weighted by Crippen LogP contribution is -2.35. The molecule has 1 N–H and O–H groups in total. The number of benzene rings is 1. The van der Waals surface area contributed by atoms with Gasteiger partial charge in [0.1, 0.15) is 11.2 Å². The molecule has 1 aliphatic carbocycles. The number of aliphatic hydroxyl groups is 1. The van der Waals surface area contributed by atoms with E-state index < -0.39 is 11.2 Å². The minimum atomic E-state index is -1.23. The van der Waals surface area contributed by atoms with Gasteiger partial charge in [0.15, 0.2) is 0 Å². The standard InChI is InChI=1S/C19H22FN3O2S/c1-2-22(16-5-3-14(20)4-6-16)10-15-7-8-23-18(17-9-13(17)11-24)12-26(25)19(23)21-15/h3-7,12-13,17,24H,2,8-11H2,1H3. The van der Waals surface area contributed by atoms with Gasteiger partial charge in [-0.25, -0.2) is 4.39 Å². The molecule has 0 radical (unpaired) electrons. The van der Waals surface area contributed by atoms with E-state index >= 15 is 0 Å². The van der Waals surface area contributed by atoms with Gasteiger partial charge in [-0.1, -0.05) is 0 Å². The third-order valence-corrected chi connectivity index (χ3v) is 6.29. The van der Waals surface area contributed by atoms with Gasteiger partial charge in [-0.3, -0.25) is 4.90 Å². The molecule has 3 atom stereocenters. The van der Waals surface area contributed by atoms with Crippen molar-refractivity contribution in [3.63, 3.8) is 0 Å². The molecule has 4 rings (SSSR count). The van der Waals surface area contributed by atoms with Gasteiger partial charge < -0.3 is 14.6 Å². The number of aliphatic imine (C=N–C) groups is 1. The molecule has 0 saturated heterocycles. The largest absolute Gasteiger partial charge is 0.604 e. The smallest absolute Gasteiger partial charge is 0.329 e. The number of amidine groups is 1. The number of allylic oxidation sites excluding steroid dienone is 1. The van der Waals surface area contributed by atoms with Crippen LogP contribution in [-0.4, -0.2) is 46.0 Å². The summed E-state index contributed by atoms with van der Waals surface area (Å²) in [6.45, 7) is 4.24. The number of fused-ring (bicyclic) bond motifs is 1. The quantitative estimate of drug-likeness (QED) is 0.776. The molecule has 2 heterocycles. The lowest BCUT2D eigenvalue weighted by atomic mass is 10.2. The minimum absolute atomic E-state index is 0.180. The predicted octanol–water partition coefficient (Wildman–Crippen LogP) is 2.44. The van der Waals surface area contributed by atoms with E-state index in [9.17, 15) is 14.0 Å². The third kappa shape index (κ3) is 3.26. The van der Waals surface area contributed by atoms with Gasteiger partial charge >= 0.3 is 5.17 Å². The number of hydrogen-bond acceptors (Lipinski definition) is 5. The zero-order valence-electron chi connectivity index (χ0n) is 14.6. The number of anilines is 1. The summed E-state index contributed by atoms with van der Waals surface area (Å²) in [4.78, 5) is 8.77. The van der Waals surface area contributed by atoms with Gasteiger partial charge in [-0.2, -0.15) is 4.99 Å². The normalized spacial score (nSPS) is 26.8. The molecule has 1 aromatic rings. The highest BCUT2D eigenvalue weighted by Gasteiger charge is 2.48. The van der Waals surface area contributed by atoms with Crippen LogP contribution in [0, 0.1) is 17.7 Å². The lowest BCUT2D eigenvalue weighted by Gasteiger charge is -2.27. The van der Waals surface area contributed by atoms with E-state index in [1.165, 1.54) is 12.1 Å². The van der Waals surface area contributed by atoms with Crippen molar-refractivity contribution in [1.82, 2.24) is 4.90 Å². The van der Waals surface area contributed by atoms with Crippen LogP contribution in [0.5, 0.6) is 0 Å². The predicted molar refractivity (Wildman–Crippen MR) is 101 cm³/mol. The van der Waals surface area contributed by atoms with Crippen molar-refractivity contribution in [3.05, 3.63) is 53.0 Å². The van der Waals surface area contributed by atoms with Gasteiger partial charge in [0.25, 0.3) is 0 Å². The molecule has 1 aromatic carbocycles. The molecule has 0 bridgehead atoms. The highest BCUT2D eigenvalue weighted by molar-refractivity contribution is 8.09. The van der Waals surface area contributed by atoms with Crippen molar-refractivity contribution in [2.75, 3.05) is 31.1 Å². The SMILES string of the molecule is CCN(CC1=CCN2C(C3CC3CO)=C[S+]([O-])C2=N1)c1ccc(F)cc1. The van der Waals surface area contributed by atoms with Crippen LogP contribution in [0.3, 0.4) is 0 Å². The Hall–Kier alpha value is -1.83. The zero-order valence-corrected chi connectivity index (χ0v) is 15.5. The van der Waals surface area contributed by atoms with E-state index in [0.29, 0.717) is 24.2 Å². The molecular weight excluding hydrogens is 353 g/mol. The Morgan fingerprint density at radius 2 is 2.15 bits per heavy atom. The van der Waals surface area contributed by atoms with E-state index in [1.54, 1.807) is 17.5 Å². The second-order valence-electron chi connectivity index (χ2n) is 6.82. The highest BCUT2D eigenvalue weighted by atomic mass is 32.2. The summed E-state index contributed by atoms with van der Waals surface area (Å²) in [6, 6.07) is 6.43. The minimum Gasteiger partial charge on any atom is -0.604 e. The monoisotopic (exact) mass is 375 g/mol. The molecule has 26 heavy (non-hydrogen) atoms. The van der Waals surface area contributed by atoms with Gasteiger partial charge in [-0.05, 0) is 49.6 Å². The van der Waals surface area contributed by atoms with Crippen molar-refractivity contribution in [2.24, 2.45) is 16.8 Å². The molecule has 7 heteroatoms. The Morgan fingerprint density at radius 3 is 2.81 bits per heavy atom. The first-order chi connectivity index (χ1) is 12.6. The molecular formula is C19H22FN3O2S. The Bertz CT molecular complexity index is 777. The Labute approximate surface area is 155 Å². The van der Waals surface area contributed by atoms with Crippen molar-refractivity contribution < 1.29 is 14.0 Å². The van der Waals surface area contributed by atoms with Crippen LogP contribution < -0.4 is 4.90 Å². The summed E-state index contributed by atoms with van der Waals surface area (Å²) >= 11 is -1.23. The fraction of sp³-hybridized carbons (Fsp3) is 0.421. The fourth-order valence-electron chi connectivity index (χ4n) is 3.53. The summed E-state index contributed by atoms with van der Waals surface area (Å²) in [5.41, 5.74) is 2.86. The van der Waals surface area contributed by atoms with E-state index in [2.05, 4.69) is 16.0 Å². The summed E-state index contributed by atoms with van der Waals surface area (Å²) in [7, 11) is 0. The van der Waals surface area contributed by atoms with Gasteiger partial charge in [0.05, 0.1) is 29.1 Å². The van der Waals surface area contributed by atoms with Crippen LogP contribution in [0.15, 0.2) is 52.1 Å². The molecule has 3 unspecified atom stereocenters. The lowest BCUT2D eigenvalue weighted by molar-refractivity contribution is 0.269. The topological polar surface area (TPSA) is 62.1 Å². The number of aliphatic hydroxyl groups excluding tert-OH is 1. The molecule has 1 saturated carbocycles. The number of nitrogens with zero attached hydrogens (tertiary/aromatic N) is 3. The molecule has 0 amide bonds. The first-order valence-electron chi connectivity index (χ1n) is 8.89. The first-order valence-corrected chi connectivity index (χ1v) is 10.1. The second kappa shape index (κ2) is 7.06. The highest BCUT2D eigenvalue weighted by Crippen LogP contribution is 2.47. The Balaban J connectivity index is 1.47. The molecule has 1 fully saturated rings. The molecule has 138 valence electrons. The maximum absolute atomic E-state index is 13.2. The van der Waals surface area contributed by atoms with Crippen molar-refractivity contribution in [2.45, 2.75) is 13.3 Å². The zero-order chi connectivity index (χ0) is 18.3. The summed E-state index contributed by atoms with van der Waals surface area (Å²) in [6.07, 6.45) is 3.01.